The molecule has 0 aliphatic heterocycles. The fourth-order valence-electron chi connectivity index (χ4n) is 6.28. The topological polar surface area (TPSA) is 68.5 Å². The Kier molecular flexibility index (Phi) is 4.22. The van der Waals surface area contributed by atoms with Gasteiger partial charge in [0.05, 0.1) is 12.7 Å². The van der Waals surface area contributed by atoms with Crippen LogP contribution in [-0.4, -0.2) is 24.0 Å². The molecule has 1 aromatic carbocycles. The maximum absolute atomic E-state index is 12.5. The van der Waals surface area contributed by atoms with Crippen LogP contribution in [0.25, 0.3) is 11.0 Å². The van der Waals surface area contributed by atoms with E-state index in [2.05, 4.69) is 5.32 Å². The minimum absolute atomic E-state index is 0.0448. The van der Waals surface area contributed by atoms with E-state index in [-0.39, 0.29) is 24.5 Å². The van der Waals surface area contributed by atoms with Gasteiger partial charge in [-0.15, -0.1) is 0 Å². The van der Waals surface area contributed by atoms with Gasteiger partial charge >= 0.3 is 5.97 Å². The molecular weight excluding hydrogens is 354 g/mol. The van der Waals surface area contributed by atoms with E-state index in [1.807, 2.05) is 25.1 Å². The fourth-order valence-corrected chi connectivity index (χ4v) is 6.28. The largest absolute Gasteiger partial charge is 0.464 e. The zero-order valence-corrected chi connectivity index (χ0v) is 16.3. The highest BCUT2D eigenvalue weighted by atomic mass is 16.5. The van der Waals surface area contributed by atoms with Crippen molar-refractivity contribution in [1.82, 2.24) is 5.32 Å². The summed E-state index contributed by atoms with van der Waals surface area (Å²) in [5, 5.41) is 4.16. The van der Waals surface area contributed by atoms with Crippen molar-refractivity contribution in [2.45, 2.75) is 57.4 Å². The number of carbonyl (C=O) groups is 2. The summed E-state index contributed by atoms with van der Waals surface area (Å²) in [6.45, 7) is 1.80. The number of hydrogen-bond donors (Lipinski definition) is 1. The van der Waals surface area contributed by atoms with Crippen LogP contribution in [0, 0.1) is 24.7 Å². The van der Waals surface area contributed by atoms with Gasteiger partial charge in [-0.3, -0.25) is 9.59 Å². The maximum atomic E-state index is 12.5. The van der Waals surface area contributed by atoms with Gasteiger partial charge in [-0.1, -0.05) is 12.1 Å². The second-order valence-corrected chi connectivity index (χ2v) is 9.34. The predicted octanol–water partition coefficient (Wildman–Crippen LogP) is 3.91. The quantitative estimate of drug-likeness (QED) is 0.798. The summed E-state index contributed by atoms with van der Waals surface area (Å²) in [6.07, 6.45) is 9.01. The molecule has 0 atom stereocenters. The summed E-state index contributed by atoms with van der Waals surface area (Å²) in [7, 11) is 0. The van der Waals surface area contributed by atoms with Crippen molar-refractivity contribution in [3.05, 3.63) is 35.6 Å². The highest BCUT2D eigenvalue weighted by Crippen LogP contribution is 2.55. The molecule has 4 fully saturated rings. The van der Waals surface area contributed by atoms with Crippen LogP contribution in [0.3, 0.4) is 0 Å². The van der Waals surface area contributed by atoms with Crippen molar-refractivity contribution in [3.8, 4) is 0 Å². The molecule has 1 N–H and O–H groups in total. The standard InChI is InChI=1S/C23H27NO4/c1-14-2-3-19-18(12-27-20(19)4-14)8-22(26)28-13-21(25)24-23-9-15-5-16(10-23)7-17(6-15)11-23/h2-4,12,15-17H,5-11,13H2,1H3,(H,24,25). The SMILES string of the molecule is Cc1ccc2c(CC(=O)OCC(=O)NC34CC5CC(CC(C5)C3)C4)coc2c1. The molecule has 4 aliphatic carbocycles. The smallest absolute Gasteiger partial charge is 0.310 e. The van der Waals surface area contributed by atoms with Gasteiger partial charge < -0.3 is 14.5 Å². The Morgan fingerprint density at radius 2 is 1.82 bits per heavy atom. The monoisotopic (exact) mass is 381 g/mol. The van der Waals surface area contributed by atoms with E-state index in [9.17, 15) is 9.59 Å². The van der Waals surface area contributed by atoms with E-state index in [0.29, 0.717) is 0 Å². The molecule has 0 radical (unpaired) electrons. The van der Waals surface area contributed by atoms with Crippen molar-refractivity contribution in [3.63, 3.8) is 0 Å². The molecule has 6 rings (SSSR count). The van der Waals surface area contributed by atoms with Crippen LogP contribution in [0.4, 0.5) is 0 Å². The first-order valence-electron chi connectivity index (χ1n) is 10.4. The van der Waals surface area contributed by atoms with Crippen molar-refractivity contribution in [2.24, 2.45) is 17.8 Å². The van der Waals surface area contributed by atoms with Crippen LogP contribution < -0.4 is 5.32 Å². The van der Waals surface area contributed by atoms with Gasteiger partial charge in [0.25, 0.3) is 5.91 Å². The molecule has 5 nitrogen and oxygen atoms in total. The van der Waals surface area contributed by atoms with Crippen molar-refractivity contribution < 1.29 is 18.7 Å². The molecule has 0 unspecified atom stereocenters. The van der Waals surface area contributed by atoms with Gasteiger partial charge in [0.15, 0.2) is 6.61 Å². The molecule has 28 heavy (non-hydrogen) atoms. The number of ether oxygens (including phenoxy) is 1. The van der Waals surface area contributed by atoms with Gasteiger partial charge in [-0.25, -0.2) is 0 Å². The Bertz CT molecular complexity index is 893. The van der Waals surface area contributed by atoms with Crippen LogP contribution in [0.2, 0.25) is 0 Å². The lowest BCUT2D eigenvalue weighted by molar-refractivity contribution is -0.149. The van der Waals surface area contributed by atoms with Gasteiger partial charge in [-0.05, 0) is 74.8 Å². The molecule has 1 aromatic heterocycles. The molecule has 4 aliphatic rings. The van der Waals surface area contributed by atoms with E-state index in [1.54, 1.807) is 6.26 Å². The molecule has 2 aromatic rings. The Morgan fingerprint density at radius 3 is 2.50 bits per heavy atom. The number of benzene rings is 1. The van der Waals surface area contributed by atoms with E-state index in [1.165, 1.54) is 19.3 Å². The van der Waals surface area contributed by atoms with Crippen LogP contribution >= 0.6 is 0 Å². The second-order valence-electron chi connectivity index (χ2n) is 9.34. The highest BCUT2D eigenvalue weighted by Gasteiger charge is 2.51. The molecule has 1 amide bonds. The van der Waals surface area contributed by atoms with E-state index in [0.717, 1.165) is 59.1 Å². The van der Waals surface area contributed by atoms with Crippen LogP contribution in [-0.2, 0) is 20.7 Å². The number of fused-ring (bicyclic) bond motifs is 1. The lowest BCUT2D eigenvalue weighted by Crippen LogP contribution is -2.60. The van der Waals surface area contributed by atoms with Gasteiger partial charge in [0, 0.05) is 16.5 Å². The predicted molar refractivity (Wildman–Crippen MR) is 105 cm³/mol. The van der Waals surface area contributed by atoms with Crippen LogP contribution in [0.15, 0.2) is 28.9 Å². The van der Waals surface area contributed by atoms with E-state index in [4.69, 9.17) is 9.15 Å². The number of nitrogens with one attached hydrogen (secondary N) is 1. The summed E-state index contributed by atoms with van der Waals surface area (Å²) in [5.74, 6) is 1.75. The van der Waals surface area contributed by atoms with Gasteiger partial charge in [0.1, 0.15) is 5.58 Å². The number of aryl methyl sites for hydroxylation is 1. The zero-order chi connectivity index (χ0) is 19.3. The first kappa shape index (κ1) is 17.8. The number of carbonyl (C=O) groups excluding carboxylic acids is 2. The van der Waals surface area contributed by atoms with E-state index < -0.39 is 5.97 Å². The minimum atomic E-state index is -0.399. The molecule has 4 bridgehead atoms. The molecule has 4 saturated carbocycles. The third-order valence-corrected chi connectivity index (χ3v) is 6.95. The number of hydrogen-bond acceptors (Lipinski definition) is 4. The van der Waals surface area contributed by atoms with Crippen molar-refractivity contribution >= 4 is 22.8 Å². The van der Waals surface area contributed by atoms with Crippen LogP contribution in [0.5, 0.6) is 0 Å². The third-order valence-electron chi connectivity index (χ3n) is 6.95. The second kappa shape index (κ2) is 6.64. The third kappa shape index (κ3) is 3.31. The molecule has 148 valence electrons. The molecule has 0 spiro atoms. The zero-order valence-electron chi connectivity index (χ0n) is 16.3. The first-order valence-corrected chi connectivity index (χ1v) is 10.4. The Morgan fingerprint density at radius 1 is 1.14 bits per heavy atom. The van der Waals surface area contributed by atoms with E-state index >= 15 is 0 Å². The summed E-state index contributed by atoms with van der Waals surface area (Å²) < 4.78 is 10.8. The maximum Gasteiger partial charge on any atom is 0.310 e. The Hall–Kier alpha value is -2.30. The van der Waals surface area contributed by atoms with Crippen molar-refractivity contribution in [2.75, 3.05) is 6.61 Å². The molecule has 1 heterocycles. The van der Waals surface area contributed by atoms with Crippen molar-refractivity contribution in [1.29, 1.82) is 0 Å². The molecule has 0 saturated heterocycles. The fraction of sp³-hybridized carbons (Fsp3) is 0.565. The number of esters is 1. The number of furan rings is 1. The molecular formula is C23H27NO4. The summed E-state index contributed by atoms with van der Waals surface area (Å²) in [4.78, 5) is 24.7. The Balaban J connectivity index is 1.16. The average Bonchev–Trinajstić information content (AvgIpc) is 3.00. The Labute approximate surface area is 164 Å². The summed E-state index contributed by atoms with van der Waals surface area (Å²) in [5.41, 5.74) is 2.62. The number of rotatable bonds is 5. The van der Waals surface area contributed by atoms with Crippen LogP contribution in [0.1, 0.15) is 49.7 Å². The first-order chi connectivity index (χ1) is 13.5. The lowest BCUT2D eigenvalue weighted by atomic mass is 9.53. The average molecular weight is 381 g/mol. The molecule has 5 heteroatoms. The number of amides is 1. The highest BCUT2D eigenvalue weighted by molar-refractivity contribution is 5.87. The summed E-state index contributed by atoms with van der Waals surface area (Å²) in [6, 6.07) is 5.89. The minimum Gasteiger partial charge on any atom is -0.464 e. The lowest BCUT2D eigenvalue weighted by Gasteiger charge is -2.56. The van der Waals surface area contributed by atoms with Gasteiger partial charge in [-0.2, -0.15) is 0 Å². The van der Waals surface area contributed by atoms with Gasteiger partial charge in [0.2, 0.25) is 0 Å². The normalized spacial score (nSPS) is 30.5. The summed E-state index contributed by atoms with van der Waals surface area (Å²) >= 11 is 0.